The lowest BCUT2D eigenvalue weighted by molar-refractivity contribution is -0.159. The number of halogens is 1. The Bertz CT molecular complexity index is 545. The molecule has 0 saturated carbocycles. The van der Waals surface area contributed by atoms with E-state index in [9.17, 15) is 18.8 Å². The lowest BCUT2D eigenvalue weighted by Gasteiger charge is -2.09. The highest BCUT2D eigenvalue weighted by Crippen LogP contribution is 2.10. The number of ether oxygens (including phenoxy) is 2. The molecule has 1 aliphatic rings. The van der Waals surface area contributed by atoms with E-state index in [4.69, 9.17) is 4.74 Å². The molecule has 0 aliphatic carbocycles. The SMILES string of the molecule is O=C(CNC(=O)c1ccccc1F)O[C@H]1CCOC1=O. The third kappa shape index (κ3) is 3.31. The number of carbonyl (C=O) groups is 3. The Kier molecular flexibility index (Phi) is 4.29. The summed E-state index contributed by atoms with van der Waals surface area (Å²) < 4.78 is 22.7. The summed E-state index contributed by atoms with van der Waals surface area (Å²) in [5.74, 6) is -2.79. The van der Waals surface area contributed by atoms with Crippen LogP contribution in [0.5, 0.6) is 0 Å². The van der Waals surface area contributed by atoms with E-state index in [-0.39, 0.29) is 12.2 Å². The molecule has 6 nitrogen and oxygen atoms in total. The zero-order chi connectivity index (χ0) is 14.5. The van der Waals surface area contributed by atoms with Crippen molar-refractivity contribution >= 4 is 17.8 Å². The predicted octanol–water partition coefficient (Wildman–Crippen LogP) is 0.414. The fourth-order valence-electron chi connectivity index (χ4n) is 1.68. The van der Waals surface area contributed by atoms with Gasteiger partial charge in [0.25, 0.3) is 5.91 Å². The number of cyclic esters (lactones) is 1. The number of nitrogens with one attached hydrogen (secondary N) is 1. The molecule has 1 heterocycles. The first-order valence-electron chi connectivity index (χ1n) is 5.97. The van der Waals surface area contributed by atoms with Gasteiger partial charge in [-0.25, -0.2) is 9.18 Å². The molecule has 1 saturated heterocycles. The van der Waals surface area contributed by atoms with Crippen molar-refractivity contribution in [1.82, 2.24) is 5.32 Å². The molecule has 20 heavy (non-hydrogen) atoms. The van der Waals surface area contributed by atoms with Crippen LogP contribution in [0, 0.1) is 5.82 Å². The molecule has 1 N–H and O–H groups in total. The van der Waals surface area contributed by atoms with Gasteiger partial charge in [0, 0.05) is 6.42 Å². The third-order valence-electron chi connectivity index (χ3n) is 2.67. The van der Waals surface area contributed by atoms with E-state index in [1.165, 1.54) is 18.2 Å². The molecule has 2 rings (SSSR count). The van der Waals surface area contributed by atoms with Crippen molar-refractivity contribution < 1.29 is 28.2 Å². The fourth-order valence-corrected chi connectivity index (χ4v) is 1.68. The molecule has 0 radical (unpaired) electrons. The van der Waals surface area contributed by atoms with Crippen molar-refractivity contribution in [3.63, 3.8) is 0 Å². The second-order valence-electron chi connectivity index (χ2n) is 4.10. The summed E-state index contributed by atoms with van der Waals surface area (Å²) in [5, 5.41) is 2.22. The van der Waals surface area contributed by atoms with E-state index >= 15 is 0 Å². The number of hydrogen-bond acceptors (Lipinski definition) is 5. The monoisotopic (exact) mass is 281 g/mol. The van der Waals surface area contributed by atoms with Crippen LogP contribution in [-0.4, -0.2) is 37.1 Å². The lowest BCUT2D eigenvalue weighted by atomic mass is 10.2. The number of esters is 2. The summed E-state index contributed by atoms with van der Waals surface area (Å²) in [7, 11) is 0. The van der Waals surface area contributed by atoms with E-state index < -0.39 is 36.3 Å². The van der Waals surface area contributed by atoms with Crippen molar-refractivity contribution in [3.8, 4) is 0 Å². The predicted molar refractivity (Wildman–Crippen MR) is 64.2 cm³/mol. The van der Waals surface area contributed by atoms with Crippen LogP contribution >= 0.6 is 0 Å². The number of benzene rings is 1. The minimum absolute atomic E-state index is 0.166. The molecule has 106 valence electrons. The van der Waals surface area contributed by atoms with Crippen molar-refractivity contribution in [2.75, 3.05) is 13.2 Å². The lowest BCUT2D eigenvalue weighted by Crippen LogP contribution is -2.34. The molecular weight excluding hydrogens is 269 g/mol. The third-order valence-corrected chi connectivity index (χ3v) is 2.67. The first-order valence-corrected chi connectivity index (χ1v) is 5.97. The Morgan fingerprint density at radius 1 is 1.40 bits per heavy atom. The zero-order valence-electron chi connectivity index (χ0n) is 10.4. The summed E-state index contributed by atoms with van der Waals surface area (Å²) in [4.78, 5) is 34.1. The van der Waals surface area contributed by atoms with Gasteiger partial charge in [-0.15, -0.1) is 0 Å². The summed E-state index contributed by atoms with van der Waals surface area (Å²) >= 11 is 0. The van der Waals surface area contributed by atoms with Crippen LogP contribution in [0.25, 0.3) is 0 Å². The van der Waals surface area contributed by atoms with E-state index in [0.29, 0.717) is 6.42 Å². The topological polar surface area (TPSA) is 81.7 Å². The molecule has 1 fully saturated rings. The van der Waals surface area contributed by atoms with Crippen LogP contribution in [0.1, 0.15) is 16.8 Å². The standard InChI is InChI=1S/C13H12FNO5/c14-9-4-2-1-3-8(9)12(17)15-7-11(16)20-10-5-6-19-13(10)18/h1-4,10H,5-7H2,(H,15,17)/t10-/m0/s1. The molecular formula is C13H12FNO5. The highest BCUT2D eigenvalue weighted by Gasteiger charge is 2.30. The number of rotatable bonds is 4. The molecule has 7 heteroatoms. The van der Waals surface area contributed by atoms with Crippen molar-refractivity contribution in [2.24, 2.45) is 0 Å². The van der Waals surface area contributed by atoms with Crippen LogP contribution in [0.3, 0.4) is 0 Å². The van der Waals surface area contributed by atoms with Crippen molar-refractivity contribution in [1.29, 1.82) is 0 Å². The molecule has 1 amide bonds. The summed E-state index contributed by atoms with van der Waals surface area (Å²) in [6.07, 6.45) is -0.626. The maximum absolute atomic E-state index is 13.3. The van der Waals surface area contributed by atoms with Gasteiger partial charge >= 0.3 is 11.9 Å². The second-order valence-corrected chi connectivity index (χ2v) is 4.10. The Morgan fingerprint density at radius 2 is 2.15 bits per heavy atom. The van der Waals surface area contributed by atoms with Crippen molar-refractivity contribution in [3.05, 3.63) is 35.6 Å². The molecule has 0 unspecified atom stereocenters. The first-order chi connectivity index (χ1) is 9.58. The summed E-state index contributed by atoms with van der Waals surface area (Å²) in [6.45, 7) is -0.241. The molecule has 1 atom stereocenters. The molecule has 0 aromatic heterocycles. The Hall–Kier alpha value is -2.44. The number of hydrogen-bond donors (Lipinski definition) is 1. The number of amides is 1. The van der Waals surface area contributed by atoms with Crippen LogP contribution in [-0.2, 0) is 19.1 Å². The molecule has 1 aromatic rings. The Morgan fingerprint density at radius 3 is 2.80 bits per heavy atom. The van der Waals surface area contributed by atoms with Gasteiger partial charge < -0.3 is 14.8 Å². The highest BCUT2D eigenvalue weighted by molar-refractivity contribution is 5.96. The molecule has 1 aliphatic heterocycles. The quantitative estimate of drug-likeness (QED) is 0.809. The van der Waals surface area contributed by atoms with Crippen LogP contribution in [0.4, 0.5) is 4.39 Å². The van der Waals surface area contributed by atoms with E-state index in [2.05, 4.69) is 10.1 Å². The summed E-state index contributed by atoms with van der Waals surface area (Å²) in [6, 6.07) is 5.39. The second kappa shape index (κ2) is 6.14. The van der Waals surface area contributed by atoms with E-state index in [1.54, 1.807) is 0 Å². The van der Waals surface area contributed by atoms with Crippen LogP contribution in [0.15, 0.2) is 24.3 Å². The first kappa shape index (κ1) is 14.0. The van der Waals surface area contributed by atoms with Gasteiger partial charge in [-0.05, 0) is 12.1 Å². The Labute approximate surface area is 113 Å². The van der Waals surface area contributed by atoms with Gasteiger partial charge in [0.2, 0.25) is 6.10 Å². The molecule has 0 bridgehead atoms. The average Bonchev–Trinajstić information content (AvgIpc) is 2.82. The van der Waals surface area contributed by atoms with Crippen LogP contribution in [0.2, 0.25) is 0 Å². The van der Waals surface area contributed by atoms with Gasteiger partial charge in [0.15, 0.2) is 0 Å². The smallest absolute Gasteiger partial charge is 0.347 e. The van der Waals surface area contributed by atoms with Gasteiger partial charge in [0.1, 0.15) is 12.4 Å². The van der Waals surface area contributed by atoms with E-state index in [0.717, 1.165) is 6.07 Å². The van der Waals surface area contributed by atoms with Gasteiger partial charge in [-0.2, -0.15) is 0 Å². The van der Waals surface area contributed by atoms with Gasteiger partial charge in [-0.1, -0.05) is 12.1 Å². The minimum Gasteiger partial charge on any atom is -0.463 e. The Balaban J connectivity index is 1.83. The highest BCUT2D eigenvalue weighted by atomic mass is 19.1. The van der Waals surface area contributed by atoms with E-state index in [1.807, 2.05) is 0 Å². The fraction of sp³-hybridized carbons (Fsp3) is 0.308. The van der Waals surface area contributed by atoms with Gasteiger partial charge in [-0.3, -0.25) is 9.59 Å². The van der Waals surface area contributed by atoms with Crippen molar-refractivity contribution in [2.45, 2.75) is 12.5 Å². The maximum atomic E-state index is 13.3. The normalized spacial score (nSPS) is 17.4. The summed E-state index contributed by atoms with van der Waals surface area (Å²) in [5.41, 5.74) is -0.166. The minimum atomic E-state index is -0.923. The van der Waals surface area contributed by atoms with Crippen LogP contribution < -0.4 is 5.32 Å². The molecule has 0 spiro atoms. The van der Waals surface area contributed by atoms with Gasteiger partial charge in [0.05, 0.1) is 12.2 Å². The number of carbonyl (C=O) groups excluding carboxylic acids is 3. The average molecular weight is 281 g/mol. The zero-order valence-corrected chi connectivity index (χ0v) is 10.4. The maximum Gasteiger partial charge on any atom is 0.347 e. The largest absolute Gasteiger partial charge is 0.463 e. The molecule has 1 aromatic carbocycles.